The second-order valence-corrected chi connectivity index (χ2v) is 10.3. The van der Waals surface area contributed by atoms with E-state index in [4.69, 9.17) is 4.74 Å². The number of ether oxygens (including phenoxy) is 1. The Kier molecular flexibility index (Phi) is 5.63. The molecule has 0 bridgehead atoms. The SMILES string of the molecule is Cn1c(=O)c2sccc2n2c(COC(=O)CCNS(=O)(=O)c3ccc4ccccc4c3)nnc12. The van der Waals surface area contributed by atoms with Gasteiger partial charge in [0.25, 0.3) is 5.56 Å². The van der Waals surface area contributed by atoms with E-state index in [1.54, 1.807) is 35.0 Å². The lowest BCUT2D eigenvalue weighted by molar-refractivity contribution is -0.145. The summed E-state index contributed by atoms with van der Waals surface area (Å²) in [6.45, 7) is -0.279. The van der Waals surface area contributed by atoms with Gasteiger partial charge >= 0.3 is 5.97 Å². The number of nitrogens with zero attached hydrogens (tertiary/aromatic N) is 4. The van der Waals surface area contributed by atoms with E-state index in [0.29, 0.717) is 21.8 Å². The van der Waals surface area contributed by atoms with Crippen molar-refractivity contribution in [3.8, 4) is 0 Å². The highest BCUT2D eigenvalue weighted by Gasteiger charge is 2.18. The van der Waals surface area contributed by atoms with E-state index in [0.717, 1.165) is 10.8 Å². The zero-order chi connectivity index (χ0) is 23.9. The Morgan fingerprint density at radius 1 is 1.12 bits per heavy atom. The van der Waals surface area contributed by atoms with Gasteiger partial charge in [0.05, 0.1) is 16.8 Å². The second kappa shape index (κ2) is 8.63. The van der Waals surface area contributed by atoms with Crippen LogP contribution < -0.4 is 10.3 Å². The number of sulfonamides is 1. The highest BCUT2D eigenvalue weighted by Crippen LogP contribution is 2.20. The topological polar surface area (TPSA) is 125 Å². The number of thiophene rings is 1. The summed E-state index contributed by atoms with van der Waals surface area (Å²) in [4.78, 5) is 24.8. The summed E-state index contributed by atoms with van der Waals surface area (Å²) in [6.07, 6.45) is -0.157. The van der Waals surface area contributed by atoms with Crippen molar-refractivity contribution in [3.63, 3.8) is 0 Å². The van der Waals surface area contributed by atoms with E-state index < -0.39 is 16.0 Å². The van der Waals surface area contributed by atoms with Gasteiger partial charge < -0.3 is 4.74 Å². The summed E-state index contributed by atoms with van der Waals surface area (Å²) in [5.41, 5.74) is 0.467. The molecule has 0 aliphatic heterocycles. The van der Waals surface area contributed by atoms with Gasteiger partial charge in [0, 0.05) is 13.6 Å². The highest BCUT2D eigenvalue weighted by molar-refractivity contribution is 7.89. The summed E-state index contributed by atoms with van der Waals surface area (Å²) in [5.74, 6) is 0.105. The Labute approximate surface area is 197 Å². The molecular weight excluding hydrogens is 478 g/mol. The minimum Gasteiger partial charge on any atom is -0.457 e. The first-order valence-electron chi connectivity index (χ1n) is 10.3. The molecule has 5 rings (SSSR count). The minimum atomic E-state index is -3.78. The van der Waals surface area contributed by atoms with Crippen LogP contribution in [0.25, 0.3) is 26.8 Å². The molecule has 5 aromatic rings. The molecule has 0 fully saturated rings. The predicted octanol–water partition coefficient (Wildman–Crippen LogP) is 2.21. The van der Waals surface area contributed by atoms with Crippen LogP contribution in [0.15, 0.2) is 63.6 Å². The number of aromatic nitrogens is 4. The van der Waals surface area contributed by atoms with Gasteiger partial charge in [-0.15, -0.1) is 21.5 Å². The number of carbonyl (C=O) groups is 1. The largest absolute Gasteiger partial charge is 0.457 e. The van der Waals surface area contributed by atoms with Crippen molar-refractivity contribution >= 4 is 54.1 Å². The van der Waals surface area contributed by atoms with Crippen LogP contribution in [0, 0.1) is 0 Å². The first kappa shape index (κ1) is 22.2. The molecule has 0 saturated heterocycles. The van der Waals surface area contributed by atoms with Crippen LogP contribution in [0.1, 0.15) is 12.2 Å². The van der Waals surface area contributed by atoms with Crippen LogP contribution in [0.4, 0.5) is 0 Å². The van der Waals surface area contributed by atoms with Gasteiger partial charge in [-0.25, -0.2) is 13.1 Å². The molecule has 0 aliphatic carbocycles. The number of rotatable bonds is 7. The number of hydrogen-bond donors (Lipinski definition) is 1. The fraction of sp³-hybridized carbons (Fsp3) is 0.182. The number of benzene rings is 2. The van der Waals surface area contributed by atoms with Crippen molar-refractivity contribution in [3.05, 3.63) is 70.1 Å². The normalized spacial score (nSPS) is 12.0. The van der Waals surface area contributed by atoms with Crippen LogP contribution in [-0.2, 0) is 33.2 Å². The quantitative estimate of drug-likeness (QED) is 0.342. The number of hydrogen-bond acceptors (Lipinski definition) is 8. The van der Waals surface area contributed by atoms with Crippen molar-refractivity contribution in [2.75, 3.05) is 6.54 Å². The minimum absolute atomic E-state index is 0.113. The number of aryl methyl sites for hydroxylation is 1. The van der Waals surface area contributed by atoms with Gasteiger partial charge in [0.2, 0.25) is 15.8 Å². The fourth-order valence-corrected chi connectivity index (χ4v) is 5.59. The van der Waals surface area contributed by atoms with E-state index in [2.05, 4.69) is 14.9 Å². The van der Waals surface area contributed by atoms with Crippen LogP contribution >= 0.6 is 11.3 Å². The first-order chi connectivity index (χ1) is 16.3. The van der Waals surface area contributed by atoms with Crippen molar-refractivity contribution in [2.24, 2.45) is 7.05 Å². The average Bonchev–Trinajstić information content (AvgIpc) is 3.48. The molecular formula is C22H19N5O5S2. The van der Waals surface area contributed by atoms with E-state index in [1.165, 1.54) is 22.0 Å². The molecule has 0 atom stereocenters. The smallest absolute Gasteiger partial charge is 0.307 e. The molecule has 0 saturated carbocycles. The van der Waals surface area contributed by atoms with Crippen LogP contribution in [0.3, 0.4) is 0 Å². The van der Waals surface area contributed by atoms with Gasteiger partial charge in [0.15, 0.2) is 12.4 Å². The molecule has 12 heteroatoms. The summed E-state index contributed by atoms with van der Waals surface area (Å²) in [5, 5.41) is 11.6. The molecule has 3 aromatic heterocycles. The molecule has 2 aromatic carbocycles. The lowest BCUT2D eigenvalue weighted by Gasteiger charge is -2.08. The lowest BCUT2D eigenvalue weighted by Crippen LogP contribution is -2.26. The van der Waals surface area contributed by atoms with Crippen LogP contribution in [-0.4, -0.2) is 40.1 Å². The maximum absolute atomic E-state index is 12.6. The molecule has 0 spiro atoms. The van der Waals surface area contributed by atoms with E-state index in [9.17, 15) is 18.0 Å². The third-order valence-corrected chi connectivity index (χ3v) is 7.76. The van der Waals surface area contributed by atoms with E-state index >= 15 is 0 Å². The highest BCUT2D eigenvalue weighted by atomic mass is 32.2. The Hall–Kier alpha value is -3.61. The maximum atomic E-state index is 12.6. The van der Waals surface area contributed by atoms with Gasteiger partial charge in [0.1, 0.15) is 4.70 Å². The third-order valence-electron chi connectivity index (χ3n) is 5.41. The molecule has 34 heavy (non-hydrogen) atoms. The van der Waals surface area contributed by atoms with Crippen LogP contribution in [0.2, 0.25) is 0 Å². The molecule has 0 amide bonds. The molecule has 0 aliphatic rings. The van der Waals surface area contributed by atoms with Crippen molar-refractivity contribution in [1.82, 2.24) is 23.9 Å². The Bertz CT molecular complexity index is 1720. The Morgan fingerprint density at radius 2 is 1.91 bits per heavy atom. The third kappa shape index (κ3) is 3.95. The molecule has 0 unspecified atom stereocenters. The summed E-state index contributed by atoms with van der Waals surface area (Å²) >= 11 is 1.31. The van der Waals surface area contributed by atoms with E-state index in [1.807, 2.05) is 24.3 Å². The fourth-order valence-electron chi connectivity index (χ4n) is 3.67. The monoisotopic (exact) mass is 497 g/mol. The number of carbonyl (C=O) groups excluding carboxylic acids is 1. The predicted molar refractivity (Wildman–Crippen MR) is 127 cm³/mol. The molecule has 1 N–H and O–H groups in total. The zero-order valence-corrected chi connectivity index (χ0v) is 19.6. The molecule has 174 valence electrons. The van der Waals surface area contributed by atoms with Crippen molar-refractivity contribution in [1.29, 1.82) is 0 Å². The first-order valence-corrected chi connectivity index (χ1v) is 12.7. The second-order valence-electron chi connectivity index (χ2n) is 7.57. The number of fused-ring (bicyclic) bond motifs is 4. The summed E-state index contributed by atoms with van der Waals surface area (Å²) in [7, 11) is -2.18. The van der Waals surface area contributed by atoms with E-state index in [-0.39, 0.29) is 30.0 Å². The lowest BCUT2D eigenvalue weighted by atomic mass is 10.1. The summed E-state index contributed by atoms with van der Waals surface area (Å²) < 4.78 is 36.5. The average molecular weight is 498 g/mol. The Balaban J connectivity index is 1.23. The van der Waals surface area contributed by atoms with Crippen molar-refractivity contribution in [2.45, 2.75) is 17.9 Å². The zero-order valence-electron chi connectivity index (χ0n) is 18.0. The van der Waals surface area contributed by atoms with Gasteiger partial charge in [-0.05, 0) is 34.4 Å². The number of nitrogens with one attached hydrogen (secondary N) is 1. The van der Waals surface area contributed by atoms with Crippen LogP contribution in [0.5, 0.6) is 0 Å². The van der Waals surface area contributed by atoms with Gasteiger partial charge in [-0.2, -0.15) is 0 Å². The van der Waals surface area contributed by atoms with Crippen molar-refractivity contribution < 1.29 is 17.9 Å². The van der Waals surface area contributed by atoms with Gasteiger partial charge in [-0.3, -0.25) is 18.6 Å². The van der Waals surface area contributed by atoms with Gasteiger partial charge in [-0.1, -0.05) is 30.3 Å². The molecule has 0 radical (unpaired) electrons. The molecule has 10 nitrogen and oxygen atoms in total. The summed E-state index contributed by atoms with van der Waals surface area (Å²) in [6, 6.07) is 14.1. The Morgan fingerprint density at radius 3 is 2.74 bits per heavy atom. The standard InChI is InChI=1S/C22H19N5O5S2/c1-26-21(29)20-17(9-11-33-20)27-18(24-25-22(26)27)13-32-19(28)8-10-23-34(30,31)16-7-6-14-4-2-3-5-15(14)12-16/h2-7,9,11-12,23H,8,10,13H2,1H3. The maximum Gasteiger partial charge on any atom is 0.307 e. The molecule has 3 heterocycles. The number of esters is 1.